The molecule has 0 atom stereocenters. The Balaban J connectivity index is 0.833. The van der Waals surface area contributed by atoms with Gasteiger partial charge in [-0.05, 0) is 153 Å². The number of furan rings is 2. The van der Waals surface area contributed by atoms with Gasteiger partial charge in [0.25, 0.3) is 0 Å². The molecule has 0 N–H and O–H groups in total. The Morgan fingerprint density at radius 2 is 0.787 bits per heavy atom. The van der Waals surface area contributed by atoms with Gasteiger partial charge in [-0.1, -0.05) is 206 Å². The maximum absolute atomic E-state index is 7.22. The van der Waals surface area contributed by atoms with Crippen LogP contribution in [-0.4, -0.2) is 0 Å². The van der Waals surface area contributed by atoms with Gasteiger partial charge in [0.1, 0.15) is 11.2 Å². The fourth-order valence-corrected chi connectivity index (χ4v) is 15.8. The minimum absolute atomic E-state index is 0.316. The van der Waals surface area contributed by atoms with E-state index < -0.39 is 0 Å². The molecule has 4 heteroatoms. The summed E-state index contributed by atoms with van der Waals surface area (Å²) < 4.78 is 14.4. The van der Waals surface area contributed by atoms with Gasteiger partial charge in [0.15, 0.2) is 11.2 Å². The smallest absolute Gasteiger partial charge is 0.159 e. The molecule has 16 rings (SSSR count). The Labute approximate surface area is 469 Å². The van der Waals surface area contributed by atoms with Gasteiger partial charge in [-0.3, -0.25) is 0 Å². The number of para-hydroxylation sites is 6. The van der Waals surface area contributed by atoms with Crippen molar-refractivity contribution in [1.82, 2.24) is 0 Å². The van der Waals surface area contributed by atoms with E-state index in [1.54, 1.807) is 0 Å². The third-order valence-corrected chi connectivity index (χ3v) is 19.6. The number of fused-ring (bicyclic) bond motifs is 12. The van der Waals surface area contributed by atoms with E-state index >= 15 is 0 Å². The van der Waals surface area contributed by atoms with Crippen molar-refractivity contribution in [2.75, 3.05) is 9.80 Å². The molecule has 4 aliphatic carbocycles. The van der Waals surface area contributed by atoms with Gasteiger partial charge in [-0.2, -0.15) is 0 Å². The molecule has 4 aliphatic rings. The Hall–Kier alpha value is -8.34. The highest BCUT2D eigenvalue weighted by molar-refractivity contribution is 6.15. The van der Waals surface area contributed by atoms with Crippen LogP contribution in [0.3, 0.4) is 0 Å². The lowest BCUT2D eigenvalue weighted by molar-refractivity contribution is 0.442. The molecule has 0 unspecified atom stereocenters. The first-order chi connectivity index (χ1) is 39.2. The Morgan fingerprint density at radius 3 is 1.36 bits per heavy atom. The second-order valence-electron chi connectivity index (χ2n) is 24.7. The van der Waals surface area contributed by atoms with Crippen LogP contribution >= 0.6 is 0 Å². The predicted octanol–water partition coefficient (Wildman–Crippen LogP) is 22.3. The summed E-state index contributed by atoms with van der Waals surface area (Å²) in [7, 11) is 0. The number of hydrogen-bond donors (Lipinski definition) is 0. The van der Waals surface area contributed by atoms with Gasteiger partial charge < -0.3 is 18.6 Å². The summed E-state index contributed by atoms with van der Waals surface area (Å²) in [4.78, 5) is 4.89. The van der Waals surface area contributed by atoms with E-state index in [4.69, 9.17) is 8.83 Å². The van der Waals surface area contributed by atoms with E-state index in [1.165, 1.54) is 147 Å². The standard InChI is InChI=1S/C76H66N2O2/c1-75(2)63-37-19-36-62-65(78(50-28-15-8-16-29-50)67-39-21-35-61-59-33-18-31-53(72(59)80-74(61)67)48-24-11-6-12-25-48)45-44-55(68(62)63)57-43-42-56-54-41-40-51(46-64(54)76(3,4)69(56)70(57)75)77(49-26-13-7-14-27-49)66-38-20-34-60-58-32-17-30-52(71(58)79-73(60)66)47-22-9-5-10-23-47/h7-8,13-21,26-48H,5-6,9-12,22-25H2,1-4H3. The molecule has 2 fully saturated rings. The summed E-state index contributed by atoms with van der Waals surface area (Å²) in [6.45, 7) is 9.87. The number of benzene rings is 10. The molecular formula is C76H66N2O2. The molecule has 0 radical (unpaired) electrons. The van der Waals surface area contributed by atoms with Crippen LogP contribution in [0.2, 0.25) is 0 Å². The highest BCUT2D eigenvalue weighted by atomic mass is 16.3. The number of hydrogen-bond acceptors (Lipinski definition) is 4. The van der Waals surface area contributed by atoms with Gasteiger partial charge in [0.2, 0.25) is 0 Å². The second kappa shape index (κ2) is 18.1. The lowest BCUT2D eigenvalue weighted by Gasteiger charge is -2.40. The lowest BCUT2D eigenvalue weighted by atomic mass is 9.63. The van der Waals surface area contributed by atoms with Crippen LogP contribution in [0.25, 0.3) is 76.9 Å². The highest BCUT2D eigenvalue weighted by Gasteiger charge is 2.45. The van der Waals surface area contributed by atoms with Gasteiger partial charge >= 0.3 is 0 Å². The minimum atomic E-state index is -0.330. The van der Waals surface area contributed by atoms with Crippen LogP contribution < -0.4 is 9.80 Å². The van der Waals surface area contributed by atoms with Crippen molar-refractivity contribution < 1.29 is 8.83 Å². The molecule has 0 bridgehead atoms. The highest BCUT2D eigenvalue weighted by Crippen LogP contribution is 2.60. The molecule has 12 aromatic rings. The summed E-state index contributed by atoms with van der Waals surface area (Å²) >= 11 is 0. The maximum atomic E-state index is 7.22. The lowest BCUT2D eigenvalue weighted by Crippen LogP contribution is -2.29. The van der Waals surface area contributed by atoms with Gasteiger partial charge in [0, 0.05) is 54.8 Å². The maximum Gasteiger partial charge on any atom is 0.159 e. The molecule has 2 heterocycles. The fourth-order valence-electron chi connectivity index (χ4n) is 15.8. The molecule has 0 saturated heterocycles. The third-order valence-electron chi connectivity index (χ3n) is 19.6. The number of anilines is 6. The number of rotatable bonds is 8. The van der Waals surface area contributed by atoms with Crippen molar-refractivity contribution in [2.24, 2.45) is 0 Å². The zero-order chi connectivity index (χ0) is 53.4. The first-order valence-electron chi connectivity index (χ1n) is 29.7. The normalized spacial score (nSPS) is 16.6. The molecule has 0 amide bonds. The first-order valence-corrected chi connectivity index (χ1v) is 29.7. The Kier molecular flexibility index (Phi) is 10.8. The molecule has 0 spiro atoms. The summed E-state index contributed by atoms with van der Waals surface area (Å²) in [5, 5.41) is 7.30. The minimum Gasteiger partial charge on any atom is -0.454 e. The second-order valence-corrected chi connectivity index (χ2v) is 24.7. The van der Waals surface area contributed by atoms with Crippen LogP contribution in [0.1, 0.15) is 137 Å². The van der Waals surface area contributed by atoms with Crippen LogP contribution in [-0.2, 0) is 10.8 Å². The van der Waals surface area contributed by atoms with Crippen molar-refractivity contribution in [3.05, 3.63) is 228 Å². The zero-order valence-electron chi connectivity index (χ0n) is 46.4. The quantitative estimate of drug-likeness (QED) is 0.152. The average molecular weight is 1040 g/mol. The molecular weight excluding hydrogens is 973 g/mol. The van der Waals surface area contributed by atoms with Crippen molar-refractivity contribution >= 4 is 88.8 Å². The van der Waals surface area contributed by atoms with E-state index in [1.807, 2.05) is 0 Å². The molecule has 10 aromatic carbocycles. The Morgan fingerprint density at radius 1 is 0.338 bits per heavy atom. The molecule has 4 nitrogen and oxygen atoms in total. The molecule has 0 aliphatic heterocycles. The van der Waals surface area contributed by atoms with E-state index in [0.29, 0.717) is 11.8 Å². The van der Waals surface area contributed by atoms with Crippen molar-refractivity contribution in [3.8, 4) is 22.3 Å². The average Bonchev–Trinajstić information content (AvgIpc) is 4.36. The van der Waals surface area contributed by atoms with E-state index in [0.717, 1.165) is 61.8 Å². The van der Waals surface area contributed by atoms with Crippen molar-refractivity contribution in [2.45, 2.75) is 115 Å². The van der Waals surface area contributed by atoms with Gasteiger partial charge in [-0.15, -0.1) is 0 Å². The molecule has 2 saturated carbocycles. The number of nitrogens with zero attached hydrogens (tertiary/aromatic N) is 2. The Bertz CT molecular complexity index is 4450. The van der Waals surface area contributed by atoms with Crippen LogP contribution in [0.4, 0.5) is 34.1 Å². The largest absolute Gasteiger partial charge is 0.454 e. The van der Waals surface area contributed by atoms with Crippen LogP contribution in [0, 0.1) is 0 Å². The third kappa shape index (κ3) is 7.00. The van der Waals surface area contributed by atoms with E-state index in [2.05, 4.69) is 232 Å². The van der Waals surface area contributed by atoms with Crippen LogP contribution in [0.5, 0.6) is 0 Å². The van der Waals surface area contributed by atoms with Crippen molar-refractivity contribution in [3.63, 3.8) is 0 Å². The SMILES string of the molecule is CC1(C)c2cc(N(c3ccccc3)c3cccc4c3oc3c(C5CCCCC5)cccc34)ccc2-c2ccc3c(c21)C(C)(C)c1cccc2c(N(c4ccccc4)c4cccc5c4oc4c(C6CCCCC6)cccc45)ccc-3c12. The fraction of sp³-hybridized carbons (Fsp3) is 0.237. The molecule has 2 aromatic heterocycles. The summed E-state index contributed by atoms with van der Waals surface area (Å²) in [6.07, 6.45) is 12.7. The first kappa shape index (κ1) is 47.6. The van der Waals surface area contributed by atoms with E-state index in [-0.39, 0.29) is 10.8 Å². The van der Waals surface area contributed by atoms with Crippen molar-refractivity contribution in [1.29, 1.82) is 0 Å². The summed E-state index contributed by atoms with van der Waals surface area (Å²) in [5.74, 6) is 1.07. The summed E-state index contributed by atoms with van der Waals surface area (Å²) in [6, 6.07) is 72.8. The topological polar surface area (TPSA) is 32.8 Å². The predicted molar refractivity (Wildman–Crippen MR) is 335 cm³/mol. The van der Waals surface area contributed by atoms with Gasteiger partial charge in [-0.25, -0.2) is 0 Å². The molecule has 392 valence electrons. The zero-order valence-corrected chi connectivity index (χ0v) is 46.4. The summed E-state index contributed by atoms with van der Waals surface area (Å²) in [5.41, 5.74) is 23.4. The monoisotopic (exact) mass is 1040 g/mol. The van der Waals surface area contributed by atoms with Crippen LogP contribution in [0.15, 0.2) is 203 Å². The van der Waals surface area contributed by atoms with E-state index in [9.17, 15) is 0 Å². The molecule has 80 heavy (non-hydrogen) atoms. The van der Waals surface area contributed by atoms with Gasteiger partial charge in [0.05, 0.1) is 17.1 Å².